The molecule has 0 radical (unpaired) electrons. The van der Waals surface area contributed by atoms with Gasteiger partial charge in [0.15, 0.2) is 0 Å². The van der Waals surface area contributed by atoms with E-state index in [-0.39, 0.29) is 11.9 Å². The summed E-state index contributed by atoms with van der Waals surface area (Å²) in [7, 11) is 0. The van der Waals surface area contributed by atoms with Gasteiger partial charge in [-0.25, -0.2) is 4.39 Å². The van der Waals surface area contributed by atoms with Crippen molar-refractivity contribution in [2.75, 3.05) is 0 Å². The van der Waals surface area contributed by atoms with Crippen LogP contribution in [0.4, 0.5) is 4.39 Å². The highest BCUT2D eigenvalue weighted by atomic mass is 79.9. The zero-order valence-electron chi connectivity index (χ0n) is 9.29. The van der Waals surface area contributed by atoms with Crippen molar-refractivity contribution < 1.29 is 4.39 Å². The minimum absolute atomic E-state index is 0.0446. The lowest BCUT2D eigenvalue weighted by atomic mass is 10.0. The first-order valence-electron chi connectivity index (χ1n) is 5.24. The van der Waals surface area contributed by atoms with Gasteiger partial charge in [-0.1, -0.05) is 6.07 Å². The fraction of sp³-hybridized carbons (Fsp3) is 0.167. The quantitative estimate of drug-likeness (QED) is 0.604. The van der Waals surface area contributed by atoms with E-state index in [9.17, 15) is 4.39 Å². The number of hydrogen-bond acceptors (Lipinski definition) is 3. The highest BCUT2D eigenvalue weighted by Crippen LogP contribution is 2.29. The highest BCUT2D eigenvalue weighted by Gasteiger charge is 2.14. The molecule has 0 amide bonds. The normalized spacial score (nSPS) is 12.7. The van der Waals surface area contributed by atoms with Gasteiger partial charge in [-0.2, -0.15) is 0 Å². The smallest absolute Gasteiger partial charge is 0.137 e. The second-order valence-corrected chi connectivity index (χ2v) is 6.50. The fourth-order valence-corrected chi connectivity index (χ4v) is 3.62. The minimum Gasteiger partial charge on any atom is -0.271 e. The van der Waals surface area contributed by atoms with Crippen LogP contribution in [0.2, 0.25) is 0 Å². The van der Waals surface area contributed by atoms with Crippen LogP contribution < -0.4 is 11.3 Å². The second-order valence-electron chi connectivity index (χ2n) is 3.79. The Labute approximate surface area is 126 Å². The molecule has 2 aromatic rings. The minimum atomic E-state index is -0.271. The second kappa shape index (κ2) is 6.25. The Morgan fingerprint density at radius 2 is 2.06 bits per heavy atom. The Morgan fingerprint density at radius 1 is 1.28 bits per heavy atom. The van der Waals surface area contributed by atoms with Crippen molar-refractivity contribution in [2.24, 2.45) is 5.84 Å². The van der Waals surface area contributed by atoms with Crippen LogP contribution in [0.3, 0.4) is 0 Å². The number of nitrogens with one attached hydrogen (secondary N) is 1. The molecule has 6 heteroatoms. The van der Waals surface area contributed by atoms with E-state index in [4.69, 9.17) is 5.84 Å². The molecule has 1 atom stereocenters. The van der Waals surface area contributed by atoms with Crippen molar-refractivity contribution in [3.63, 3.8) is 0 Å². The van der Waals surface area contributed by atoms with Crippen LogP contribution in [0.25, 0.3) is 0 Å². The largest absolute Gasteiger partial charge is 0.271 e. The van der Waals surface area contributed by atoms with E-state index in [2.05, 4.69) is 37.3 Å². The van der Waals surface area contributed by atoms with E-state index in [0.29, 0.717) is 4.47 Å². The summed E-state index contributed by atoms with van der Waals surface area (Å²) in [4.78, 5) is 1.21. The SMILES string of the molecule is NNC(Cc1sccc1Br)c1ccc(F)c(Br)c1. The van der Waals surface area contributed by atoms with Crippen LogP contribution in [-0.4, -0.2) is 0 Å². The molecule has 1 heterocycles. The number of rotatable bonds is 4. The fourth-order valence-electron chi connectivity index (χ4n) is 1.66. The van der Waals surface area contributed by atoms with Gasteiger partial charge < -0.3 is 0 Å². The van der Waals surface area contributed by atoms with Crippen molar-refractivity contribution in [3.8, 4) is 0 Å². The van der Waals surface area contributed by atoms with Crippen LogP contribution in [0.5, 0.6) is 0 Å². The molecule has 0 aliphatic heterocycles. The van der Waals surface area contributed by atoms with E-state index in [1.54, 1.807) is 23.5 Å². The average molecular weight is 394 g/mol. The number of nitrogens with two attached hydrogens (primary N) is 1. The first-order chi connectivity index (χ1) is 8.61. The van der Waals surface area contributed by atoms with Crippen molar-refractivity contribution in [3.05, 3.63) is 54.8 Å². The summed E-state index contributed by atoms with van der Waals surface area (Å²) in [5.74, 6) is 5.32. The molecule has 2 nitrogen and oxygen atoms in total. The van der Waals surface area contributed by atoms with Crippen LogP contribution in [-0.2, 0) is 6.42 Å². The van der Waals surface area contributed by atoms with E-state index < -0.39 is 0 Å². The van der Waals surface area contributed by atoms with Gasteiger partial charge in [0.1, 0.15) is 5.82 Å². The summed E-state index contributed by atoms with van der Waals surface area (Å²) < 4.78 is 14.7. The van der Waals surface area contributed by atoms with E-state index in [0.717, 1.165) is 16.5 Å². The Morgan fingerprint density at radius 3 is 2.61 bits per heavy atom. The predicted molar refractivity (Wildman–Crippen MR) is 79.9 cm³/mol. The molecular weight excluding hydrogens is 383 g/mol. The van der Waals surface area contributed by atoms with E-state index in [1.807, 2.05) is 11.4 Å². The Kier molecular flexibility index (Phi) is 4.91. The molecular formula is C12H11Br2FN2S. The van der Waals surface area contributed by atoms with Crippen molar-refractivity contribution in [1.29, 1.82) is 0 Å². The van der Waals surface area contributed by atoms with Crippen LogP contribution in [0, 0.1) is 5.82 Å². The maximum atomic E-state index is 13.2. The molecule has 1 unspecified atom stereocenters. The molecule has 0 aliphatic rings. The summed E-state index contributed by atoms with van der Waals surface area (Å²) in [6, 6.07) is 6.89. The van der Waals surface area contributed by atoms with Gasteiger partial charge in [-0.15, -0.1) is 11.3 Å². The van der Waals surface area contributed by atoms with Gasteiger partial charge in [0, 0.05) is 15.8 Å². The Balaban J connectivity index is 2.23. The molecule has 0 spiro atoms. The maximum absolute atomic E-state index is 13.2. The maximum Gasteiger partial charge on any atom is 0.137 e. The third-order valence-electron chi connectivity index (χ3n) is 2.63. The molecule has 18 heavy (non-hydrogen) atoms. The standard InChI is InChI=1S/C12H11Br2FN2S/c13-8-3-4-18-12(8)6-11(17-16)7-1-2-10(15)9(14)5-7/h1-5,11,17H,6,16H2. The molecule has 0 saturated heterocycles. The molecule has 0 saturated carbocycles. The van der Waals surface area contributed by atoms with Gasteiger partial charge in [0.25, 0.3) is 0 Å². The number of hydrogen-bond donors (Lipinski definition) is 2. The summed E-state index contributed by atoms with van der Waals surface area (Å²) in [5, 5.41) is 2.02. The van der Waals surface area contributed by atoms with E-state index >= 15 is 0 Å². The summed E-state index contributed by atoms with van der Waals surface area (Å²) in [6.07, 6.45) is 0.757. The summed E-state index contributed by atoms with van der Waals surface area (Å²) in [5.41, 5.74) is 3.72. The summed E-state index contributed by atoms with van der Waals surface area (Å²) >= 11 is 8.35. The third kappa shape index (κ3) is 3.19. The van der Waals surface area contributed by atoms with Gasteiger partial charge in [0.2, 0.25) is 0 Å². The van der Waals surface area contributed by atoms with Crippen LogP contribution in [0.15, 0.2) is 38.6 Å². The third-order valence-corrected chi connectivity index (χ3v) is 5.18. The first-order valence-corrected chi connectivity index (χ1v) is 7.71. The molecule has 96 valence electrons. The van der Waals surface area contributed by atoms with Crippen LogP contribution >= 0.6 is 43.2 Å². The average Bonchev–Trinajstić information content (AvgIpc) is 2.75. The highest BCUT2D eigenvalue weighted by molar-refractivity contribution is 9.10. The molecule has 0 fully saturated rings. The molecule has 0 aliphatic carbocycles. The lowest BCUT2D eigenvalue weighted by Gasteiger charge is -2.16. The van der Waals surface area contributed by atoms with Gasteiger partial charge in [0.05, 0.1) is 10.5 Å². The number of halogens is 3. The predicted octanol–water partition coefficient (Wildman–Crippen LogP) is 4.16. The van der Waals surface area contributed by atoms with Crippen molar-refractivity contribution >= 4 is 43.2 Å². The lowest BCUT2D eigenvalue weighted by molar-refractivity contribution is 0.551. The Bertz CT molecular complexity index is 545. The lowest BCUT2D eigenvalue weighted by Crippen LogP contribution is -2.29. The molecule has 1 aromatic heterocycles. The molecule has 1 aromatic carbocycles. The molecule has 0 bridgehead atoms. The zero-order chi connectivity index (χ0) is 13.1. The van der Waals surface area contributed by atoms with Crippen molar-refractivity contribution in [2.45, 2.75) is 12.5 Å². The first kappa shape index (κ1) is 14.1. The van der Waals surface area contributed by atoms with Crippen LogP contribution in [0.1, 0.15) is 16.5 Å². The molecule has 3 N–H and O–H groups in total. The zero-order valence-corrected chi connectivity index (χ0v) is 13.3. The molecule has 2 rings (SSSR count). The van der Waals surface area contributed by atoms with Gasteiger partial charge in [-0.05, 0) is 61.0 Å². The van der Waals surface area contributed by atoms with Crippen molar-refractivity contribution in [1.82, 2.24) is 5.43 Å². The van der Waals surface area contributed by atoms with E-state index in [1.165, 1.54) is 10.9 Å². The van der Waals surface area contributed by atoms with Gasteiger partial charge >= 0.3 is 0 Å². The Hall–Kier alpha value is -0.270. The monoisotopic (exact) mass is 392 g/mol. The van der Waals surface area contributed by atoms with Gasteiger partial charge in [-0.3, -0.25) is 11.3 Å². The number of hydrazine groups is 1. The number of thiophene rings is 1. The topological polar surface area (TPSA) is 38.0 Å². The number of benzene rings is 1. The summed E-state index contributed by atoms with van der Waals surface area (Å²) in [6.45, 7) is 0.